The topological polar surface area (TPSA) is 38.9 Å². The number of nitrogens with zero attached hydrogens (tertiary/aromatic N) is 1. The summed E-state index contributed by atoms with van der Waals surface area (Å²) in [4.78, 5) is 4.57. The molecule has 0 unspecified atom stereocenters. The SMILES string of the molecule is C=C/C(N)=C\C=C(/C)c1nc2ccccc2s1. The largest absolute Gasteiger partial charge is 0.399 e. The van der Waals surface area contributed by atoms with Gasteiger partial charge in [-0.2, -0.15) is 0 Å². The van der Waals surface area contributed by atoms with Crippen LogP contribution in [0.5, 0.6) is 0 Å². The monoisotopic (exact) mass is 242 g/mol. The molecule has 2 aromatic rings. The first-order valence-electron chi connectivity index (χ1n) is 5.33. The van der Waals surface area contributed by atoms with Gasteiger partial charge in [0.15, 0.2) is 0 Å². The lowest BCUT2D eigenvalue weighted by Gasteiger charge is -1.92. The Morgan fingerprint density at radius 1 is 1.35 bits per heavy atom. The molecular formula is C14H14N2S. The number of para-hydroxylation sites is 1. The third kappa shape index (κ3) is 2.63. The van der Waals surface area contributed by atoms with E-state index in [-0.39, 0.29) is 0 Å². The first-order valence-corrected chi connectivity index (χ1v) is 6.15. The molecule has 0 aliphatic heterocycles. The Hall–Kier alpha value is -1.87. The van der Waals surface area contributed by atoms with E-state index in [9.17, 15) is 0 Å². The molecule has 86 valence electrons. The van der Waals surface area contributed by atoms with Crippen LogP contribution in [-0.2, 0) is 0 Å². The van der Waals surface area contributed by atoms with Gasteiger partial charge in [0.2, 0.25) is 0 Å². The van der Waals surface area contributed by atoms with E-state index in [1.165, 1.54) is 4.70 Å². The highest BCUT2D eigenvalue weighted by Gasteiger charge is 2.03. The van der Waals surface area contributed by atoms with Crippen molar-refractivity contribution in [3.63, 3.8) is 0 Å². The Labute approximate surface area is 105 Å². The van der Waals surface area contributed by atoms with Crippen LogP contribution >= 0.6 is 11.3 Å². The van der Waals surface area contributed by atoms with Gasteiger partial charge in [-0.25, -0.2) is 4.98 Å². The molecule has 0 radical (unpaired) electrons. The number of fused-ring (bicyclic) bond motifs is 1. The van der Waals surface area contributed by atoms with E-state index in [0.717, 1.165) is 16.1 Å². The number of benzene rings is 1. The minimum atomic E-state index is 0.658. The third-order valence-corrected chi connectivity index (χ3v) is 3.56. The van der Waals surface area contributed by atoms with E-state index < -0.39 is 0 Å². The van der Waals surface area contributed by atoms with Gasteiger partial charge in [0, 0.05) is 5.70 Å². The van der Waals surface area contributed by atoms with Crippen molar-refractivity contribution in [3.05, 3.63) is 59.8 Å². The van der Waals surface area contributed by atoms with Crippen LogP contribution in [0.15, 0.2) is 54.8 Å². The van der Waals surface area contributed by atoms with Crippen LogP contribution in [0.3, 0.4) is 0 Å². The summed E-state index contributed by atoms with van der Waals surface area (Å²) in [6.45, 7) is 5.64. The van der Waals surface area contributed by atoms with E-state index in [1.807, 2.05) is 37.3 Å². The van der Waals surface area contributed by atoms with Crippen LogP contribution in [-0.4, -0.2) is 4.98 Å². The van der Waals surface area contributed by atoms with Crippen LogP contribution in [0, 0.1) is 0 Å². The van der Waals surface area contributed by atoms with Gasteiger partial charge in [0.05, 0.1) is 10.2 Å². The molecule has 0 aliphatic carbocycles. The first-order chi connectivity index (χ1) is 8.20. The quantitative estimate of drug-likeness (QED) is 0.833. The van der Waals surface area contributed by atoms with Gasteiger partial charge in [0.1, 0.15) is 5.01 Å². The fraction of sp³-hybridized carbons (Fsp3) is 0.0714. The molecule has 0 spiro atoms. The van der Waals surface area contributed by atoms with Crippen LogP contribution in [0.25, 0.3) is 15.8 Å². The Morgan fingerprint density at radius 3 is 2.82 bits per heavy atom. The molecule has 2 N–H and O–H groups in total. The van der Waals surface area contributed by atoms with Crippen molar-refractivity contribution in [3.8, 4) is 0 Å². The molecule has 1 aromatic carbocycles. The normalized spacial score (nSPS) is 13.0. The molecular weight excluding hydrogens is 228 g/mol. The van der Waals surface area contributed by atoms with Crippen LogP contribution in [0.4, 0.5) is 0 Å². The summed E-state index contributed by atoms with van der Waals surface area (Å²) in [5.74, 6) is 0. The van der Waals surface area contributed by atoms with E-state index in [4.69, 9.17) is 5.73 Å². The van der Waals surface area contributed by atoms with Gasteiger partial charge in [-0.05, 0) is 36.8 Å². The maximum atomic E-state index is 5.66. The van der Waals surface area contributed by atoms with Crippen molar-refractivity contribution in [1.29, 1.82) is 0 Å². The Balaban J connectivity index is 2.36. The number of hydrogen-bond acceptors (Lipinski definition) is 3. The summed E-state index contributed by atoms with van der Waals surface area (Å²) >= 11 is 1.69. The van der Waals surface area contributed by atoms with E-state index in [2.05, 4.69) is 17.6 Å². The molecule has 0 amide bonds. The summed E-state index contributed by atoms with van der Waals surface area (Å²) in [5, 5.41) is 1.03. The molecule has 0 saturated carbocycles. The second-order valence-corrected chi connectivity index (χ2v) is 4.74. The Bertz CT molecular complexity index is 572. The van der Waals surface area contributed by atoms with E-state index in [1.54, 1.807) is 17.4 Å². The highest BCUT2D eigenvalue weighted by molar-refractivity contribution is 7.19. The predicted molar refractivity (Wildman–Crippen MR) is 75.7 cm³/mol. The Morgan fingerprint density at radius 2 is 2.12 bits per heavy atom. The summed E-state index contributed by atoms with van der Waals surface area (Å²) in [5.41, 5.74) is 8.46. The van der Waals surface area contributed by atoms with Gasteiger partial charge in [-0.15, -0.1) is 11.3 Å². The highest BCUT2D eigenvalue weighted by atomic mass is 32.1. The molecule has 1 heterocycles. The molecule has 2 rings (SSSR count). The molecule has 0 aliphatic rings. The number of thiazole rings is 1. The van der Waals surface area contributed by atoms with Crippen molar-refractivity contribution >= 4 is 27.1 Å². The fourth-order valence-corrected chi connectivity index (χ4v) is 2.35. The zero-order valence-electron chi connectivity index (χ0n) is 9.68. The average Bonchev–Trinajstić information content (AvgIpc) is 2.79. The van der Waals surface area contributed by atoms with Gasteiger partial charge in [-0.1, -0.05) is 24.8 Å². The second kappa shape index (κ2) is 4.97. The van der Waals surface area contributed by atoms with Crippen molar-refractivity contribution in [2.24, 2.45) is 5.73 Å². The molecule has 3 heteroatoms. The molecule has 0 atom stereocenters. The van der Waals surface area contributed by atoms with E-state index in [0.29, 0.717) is 5.70 Å². The van der Waals surface area contributed by atoms with Gasteiger partial charge in [-0.3, -0.25) is 0 Å². The maximum absolute atomic E-state index is 5.66. The lowest BCUT2D eigenvalue weighted by atomic mass is 10.2. The van der Waals surface area contributed by atoms with Crippen molar-refractivity contribution < 1.29 is 0 Å². The zero-order valence-corrected chi connectivity index (χ0v) is 10.5. The van der Waals surface area contributed by atoms with Crippen LogP contribution < -0.4 is 5.73 Å². The lowest BCUT2D eigenvalue weighted by molar-refractivity contribution is 1.40. The van der Waals surface area contributed by atoms with Gasteiger partial charge in [0.25, 0.3) is 0 Å². The second-order valence-electron chi connectivity index (χ2n) is 3.71. The summed E-state index contributed by atoms with van der Waals surface area (Å²) in [6, 6.07) is 8.13. The predicted octanol–water partition coefficient (Wildman–Crippen LogP) is 3.73. The van der Waals surface area contributed by atoms with Crippen molar-refractivity contribution in [2.75, 3.05) is 0 Å². The van der Waals surface area contributed by atoms with Gasteiger partial charge >= 0.3 is 0 Å². The molecule has 0 bridgehead atoms. The standard InChI is InChI=1S/C14H14N2S/c1-3-11(15)9-8-10(2)14-16-12-6-4-5-7-13(12)17-14/h3-9H,1,15H2,2H3/b10-8+,11-9+. The number of nitrogens with two attached hydrogens (primary N) is 1. The minimum absolute atomic E-state index is 0.658. The zero-order chi connectivity index (χ0) is 12.3. The minimum Gasteiger partial charge on any atom is -0.399 e. The highest BCUT2D eigenvalue weighted by Crippen LogP contribution is 2.26. The van der Waals surface area contributed by atoms with Crippen molar-refractivity contribution in [2.45, 2.75) is 6.92 Å². The number of rotatable bonds is 3. The fourth-order valence-electron chi connectivity index (χ4n) is 1.40. The first kappa shape index (κ1) is 11.6. The third-order valence-electron chi connectivity index (χ3n) is 2.39. The number of allylic oxidation sites excluding steroid dienone is 4. The molecule has 1 aromatic heterocycles. The van der Waals surface area contributed by atoms with Crippen LogP contribution in [0.1, 0.15) is 11.9 Å². The number of hydrogen-bond donors (Lipinski definition) is 1. The maximum Gasteiger partial charge on any atom is 0.120 e. The average molecular weight is 242 g/mol. The van der Waals surface area contributed by atoms with Crippen LogP contribution in [0.2, 0.25) is 0 Å². The summed E-state index contributed by atoms with van der Waals surface area (Å²) in [6.07, 6.45) is 5.44. The summed E-state index contributed by atoms with van der Waals surface area (Å²) < 4.78 is 1.20. The van der Waals surface area contributed by atoms with E-state index >= 15 is 0 Å². The Kier molecular flexibility index (Phi) is 3.40. The lowest BCUT2D eigenvalue weighted by Crippen LogP contribution is -1.90. The van der Waals surface area contributed by atoms with Gasteiger partial charge < -0.3 is 5.73 Å². The molecule has 2 nitrogen and oxygen atoms in total. The molecule has 17 heavy (non-hydrogen) atoms. The smallest absolute Gasteiger partial charge is 0.120 e. The molecule has 0 fully saturated rings. The number of aromatic nitrogens is 1. The molecule has 0 saturated heterocycles. The summed E-state index contributed by atoms with van der Waals surface area (Å²) in [7, 11) is 0. The van der Waals surface area contributed by atoms with Crippen molar-refractivity contribution in [1.82, 2.24) is 4.98 Å².